The minimum atomic E-state index is -3.62. The van der Waals surface area contributed by atoms with Crippen LogP contribution < -0.4 is 10.9 Å². The van der Waals surface area contributed by atoms with E-state index in [2.05, 4.69) is 15.5 Å². The number of rotatable bonds is 7. The molecule has 0 radical (unpaired) electrons. The van der Waals surface area contributed by atoms with E-state index < -0.39 is 10.0 Å². The number of nitrogens with one attached hydrogen (secondary N) is 1. The first-order chi connectivity index (χ1) is 15.4. The molecule has 1 aliphatic heterocycles. The Bertz CT molecular complexity index is 1230. The molecule has 0 spiro atoms. The third kappa shape index (κ3) is 4.77. The molecule has 1 aliphatic rings. The lowest BCUT2D eigenvalue weighted by Gasteiger charge is -2.26. The number of carbonyl (C=O) groups excluding carboxylic acids is 1. The van der Waals surface area contributed by atoms with Gasteiger partial charge < -0.3 is 10.1 Å². The zero-order valence-electron chi connectivity index (χ0n) is 17.1. The molecule has 0 unspecified atom stereocenters. The summed E-state index contributed by atoms with van der Waals surface area (Å²) in [7, 11) is -3.62. The van der Waals surface area contributed by atoms with Crippen LogP contribution in [-0.2, 0) is 21.3 Å². The van der Waals surface area contributed by atoms with Crippen LogP contribution >= 0.6 is 0 Å². The van der Waals surface area contributed by atoms with E-state index in [0.29, 0.717) is 37.7 Å². The van der Waals surface area contributed by atoms with Crippen LogP contribution in [0.1, 0.15) is 10.4 Å². The summed E-state index contributed by atoms with van der Waals surface area (Å²) in [6, 6.07) is 10.5. The van der Waals surface area contributed by atoms with Crippen LogP contribution in [0.15, 0.2) is 64.5 Å². The van der Waals surface area contributed by atoms with Gasteiger partial charge in [0.05, 0.1) is 24.7 Å². The maximum absolute atomic E-state index is 12.7. The maximum Gasteiger partial charge on any atom is 0.266 e. The highest BCUT2D eigenvalue weighted by atomic mass is 32.2. The number of ether oxygens (including phenoxy) is 1. The Morgan fingerprint density at radius 3 is 2.53 bits per heavy atom. The van der Waals surface area contributed by atoms with Gasteiger partial charge in [-0.1, -0.05) is 0 Å². The second-order valence-electron chi connectivity index (χ2n) is 7.00. The molecule has 1 aromatic carbocycles. The van der Waals surface area contributed by atoms with Gasteiger partial charge in [-0.2, -0.15) is 9.40 Å². The number of sulfonamides is 1. The quantitative estimate of drug-likeness (QED) is 0.523. The molecule has 12 heteroatoms. The molecule has 3 aromatic rings. The number of nitrogens with zero attached hydrogens (tertiary/aromatic N) is 5. The van der Waals surface area contributed by atoms with Crippen LogP contribution in [-0.4, -0.2) is 71.0 Å². The van der Waals surface area contributed by atoms with Gasteiger partial charge in [0, 0.05) is 43.7 Å². The van der Waals surface area contributed by atoms with Gasteiger partial charge in [-0.25, -0.2) is 17.8 Å². The normalized spacial score (nSPS) is 14.9. The monoisotopic (exact) mass is 458 g/mol. The predicted octanol–water partition coefficient (Wildman–Crippen LogP) is -0.120. The lowest BCUT2D eigenvalue weighted by atomic mass is 10.2. The van der Waals surface area contributed by atoms with Crippen molar-refractivity contribution in [3.8, 4) is 5.82 Å². The molecule has 0 atom stereocenters. The Hall–Kier alpha value is -3.35. The molecule has 32 heavy (non-hydrogen) atoms. The number of aromatic nitrogens is 4. The van der Waals surface area contributed by atoms with Crippen LogP contribution in [0.3, 0.4) is 0 Å². The van der Waals surface area contributed by atoms with E-state index in [9.17, 15) is 18.0 Å². The van der Waals surface area contributed by atoms with Gasteiger partial charge >= 0.3 is 0 Å². The molecule has 4 rings (SSSR count). The lowest BCUT2D eigenvalue weighted by Crippen LogP contribution is -2.40. The maximum atomic E-state index is 12.7. The van der Waals surface area contributed by atoms with Crippen molar-refractivity contribution in [1.29, 1.82) is 0 Å². The molecule has 2 aromatic heterocycles. The smallest absolute Gasteiger partial charge is 0.266 e. The van der Waals surface area contributed by atoms with Crippen molar-refractivity contribution in [2.75, 3.05) is 32.8 Å². The van der Waals surface area contributed by atoms with E-state index in [0.717, 1.165) is 0 Å². The predicted molar refractivity (Wildman–Crippen MR) is 114 cm³/mol. The fraction of sp³-hybridized carbons (Fsp3) is 0.300. The van der Waals surface area contributed by atoms with Crippen molar-refractivity contribution in [3.63, 3.8) is 0 Å². The fourth-order valence-corrected chi connectivity index (χ4v) is 4.62. The Kier molecular flexibility index (Phi) is 6.44. The molecule has 0 saturated carbocycles. The number of hydrogen-bond acceptors (Lipinski definition) is 7. The van der Waals surface area contributed by atoms with Crippen LogP contribution in [0, 0.1) is 0 Å². The van der Waals surface area contributed by atoms with E-state index in [4.69, 9.17) is 4.74 Å². The number of carbonyl (C=O) groups is 1. The summed E-state index contributed by atoms with van der Waals surface area (Å²) in [5, 5.41) is 11.0. The van der Waals surface area contributed by atoms with Crippen molar-refractivity contribution >= 4 is 15.9 Å². The van der Waals surface area contributed by atoms with Crippen LogP contribution in [0.25, 0.3) is 5.82 Å². The Labute approximate surface area is 184 Å². The average molecular weight is 459 g/mol. The molecular formula is C20H22N6O5S. The Morgan fingerprint density at radius 1 is 1.09 bits per heavy atom. The van der Waals surface area contributed by atoms with E-state index in [-0.39, 0.29) is 29.5 Å². The summed E-state index contributed by atoms with van der Waals surface area (Å²) < 4.78 is 34.7. The summed E-state index contributed by atoms with van der Waals surface area (Å²) in [5.74, 6) is 0.106. The summed E-state index contributed by atoms with van der Waals surface area (Å²) in [6.07, 6.45) is 3.32. The topological polar surface area (TPSA) is 128 Å². The number of morpholine rings is 1. The lowest BCUT2D eigenvalue weighted by molar-refractivity contribution is 0.0730. The van der Waals surface area contributed by atoms with E-state index in [1.165, 1.54) is 44.0 Å². The highest BCUT2D eigenvalue weighted by molar-refractivity contribution is 7.89. The molecule has 11 nitrogen and oxygen atoms in total. The molecular weight excluding hydrogens is 436 g/mol. The number of amides is 1. The van der Waals surface area contributed by atoms with Gasteiger partial charge in [0.15, 0.2) is 5.82 Å². The van der Waals surface area contributed by atoms with Crippen molar-refractivity contribution in [2.45, 2.75) is 11.4 Å². The van der Waals surface area contributed by atoms with Gasteiger partial charge in [-0.05, 0) is 36.4 Å². The van der Waals surface area contributed by atoms with E-state index in [1.807, 2.05) is 0 Å². The summed E-state index contributed by atoms with van der Waals surface area (Å²) in [5.41, 5.74) is 0.0179. The molecule has 1 saturated heterocycles. The van der Waals surface area contributed by atoms with Crippen molar-refractivity contribution in [3.05, 3.63) is 70.8 Å². The highest BCUT2D eigenvalue weighted by Gasteiger charge is 2.26. The molecule has 0 bridgehead atoms. The van der Waals surface area contributed by atoms with Crippen LogP contribution in [0.2, 0.25) is 0 Å². The zero-order chi connectivity index (χ0) is 22.6. The Morgan fingerprint density at radius 2 is 1.84 bits per heavy atom. The fourth-order valence-electron chi connectivity index (χ4n) is 3.22. The first kappa shape index (κ1) is 21.9. The zero-order valence-corrected chi connectivity index (χ0v) is 17.9. The summed E-state index contributed by atoms with van der Waals surface area (Å²) in [6.45, 7) is 1.68. The second-order valence-corrected chi connectivity index (χ2v) is 8.94. The second kappa shape index (κ2) is 9.42. The first-order valence-electron chi connectivity index (χ1n) is 9.99. The highest BCUT2D eigenvalue weighted by Crippen LogP contribution is 2.17. The molecule has 1 fully saturated rings. The van der Waals surface area contributed by atoms with E-state index >= 15 is 0 Å². The van der Waals surface area contributed by atoms with Gasteiger partial charge in [0.25, 0.3) is 11.5 Å². The Balaban J connectivity index is 1.37. The third-order valence-corrected chi connectivity index (χ3v) is 6.84. The van der Waals surface area contributed by atoms with Gasteiger partial charge in [0.2, 0.25) is 10.0 Å². The SMILES string of the molecule is O=C(NCCn1nc(-n2cccn2)ccc1=O)c1ccc(S(=O)(=O)N2CCOCC2)cc1. The molecule has 3 heterocycles. The van der Waals surface area contributed by atoms with Crippen molar-refractivity contribution < 1.29 is 17.9 Å². The van der Waals surface area contributed by atoms with Gasteiger partial charge in [-0.15, -0.1) is 5.10 Å². The first-order valence-corrected chi connectivity index (χ1v) is 11.4. The molecule has 0 aliphatic carbocycles. The van der Waals surface area contributed by atoms with Crippen molar-refractivity contribution in [2.24, 2.45) is 0 Å². The largest absolute Gasteiger partial charge is 0.379 e. The average Bonchev–Trinajstić information content (AvgIpc) is 3.36. The number of hydrogen-bond donors (Lipinski definition) is 1. The number of benzene rings is 1. The van der Waals surface area contributed by atoms with E-state index in [1.54, 1.807) is 24.5 Å². The summed E-state index contributed by atoms with van der Waals surface area (Å²) in [4.78, 5) is 24.6. The van der Waals surface area contributed by atoms with Gasteiger partial charge in [-0.3, -0.25) is 9.59 Å². The molecule has 1 N–H and O–H groups in total. The minimum absolute atomic E-state index is 0.127. The standard InChI is InChI=1S/C20H22N6O5S/c27-19-7-6-18(25-10-1-8-22-25)23-26(19)11-9-21-20(28)16-2-4-17(5-3-16)32(29,30)24-12-14-31-15-13-24/h1-8,10H,9,11-15H2,(H,21,28). The molecule has 168 valence electrons. The van der Waals surface area contributed by atoms with Crippen LogP contribution in [0.4, 0.5) is 0 Å². The molecule has 1 amide bonds. The van der Waals surface area contributed by atoms with Crippen LogP contribution in [0.5, 0.6) is 0 Å². The summed E-state index contributed by atoms with van der Waals surface area (Å²) >= 11 is 0. The van der Waals surface area contributed by atoms with Crippen molar-refractivity contribution in [1.82, 2.24) is 29.2 Å². The van der Waals surface area contributed by atoms with Gasteiger partial charge in [0.1, 0.15) is 0 Å². The minimum Gasteiger partial charge on any atom is -0.379 e. The third-order valence-electron chi connectivity index (χ3n) is 4.93.